The molecule has 168 valence electrons. The molecule has 0 fully saturated rings. The number of benzene rings is 2. The van der Waals surface area contributed by atoms with Crippen LogP contribution in [0.3, 0.4) is 0 Å². The summed E-state index contributed by atoms with van der Waals surface area (Å²) in [5.74, 6) is 0.264. The van der Waals surface area contributed by atoms with Crippen molar-refractivity contribution in [2.24, 2.45) is 4.99 Å². The number of carbonyl (C=O) groups is 1. The van der Waals surface area contributed by atoms with Crippen LogP contribution in [0.1, 0.15) is 50.9 Å². The largest absolute Gasteiger partial charge is 0.326 e. The Bertz CT molecular complexity index is 1140. The quantitative estimate of drug-likeness (QED) is 0.431. The Kier molecular flexibility index (Phi) is 7.46. The molecular weight excluding hydrogens is 398 g/mol. The fraction of sp³-hybridized carbons (Fsp3) is 0.346. The zero-order valence-electron chi connectivity index (χ0n) is 19.9. The van der Waals surface area contributed by atoms with E-state index in [0.29, 0.717) is 18.1 Å². The molecule has 0 atom stereocenters. The Morgan fingerprint density at radius 3 is 2.50 bits per heavy atom. The van der Waals surface area contributed by atoms with Crippen LogP contribution in [0.25, 0.3) is 0 Å². The number of hydrogen-bond acceptors (Lipinski definition) is 3. The maximum Gasteiger partial charge on any atom is 0.257 e. The van der Waals surface area contributed by atoms with Crippen molar-refractivity contribution < 1.29 is 4.79 Å². The van der Waals surface area contributed by atoms with E-state index in [-0.39, 0.29) is 5.91 Å². The predicted octanol–water partition coefficient (Wildman–Crippen LogP) is 4.89. The Hall–Kier alpha value is -3.41. The molecule has 3 aromatic rings. The van der Waals surface area contributed by atoms with Crippen LogP contribution in [0.5, 0.6) is 0 Å². The van der Waals surface area contributed by atoms with E-state index >= 15 is 0 Å². The van der Waals surface area contributed by atoms with Crippen molar-refractivity contribution in [1.29, 1.82) is 0 Å². The molecule has 0 spiro atoms. The fourth-order valence-electron chi connectivity index (χ4n) is 3.77. The third-order valence-corrected chi connectivity index (χ3v) is 5.83. The van der Waals surface area contributed by atoms with E-state index in [1.165, 1.54) is 16.8 Å². The van der Waals surface area contributed by atoms with Crippen LogP contribution in [-0.4, -0.2) is 28.2 Å². The van der Waals surface area contributed by atoms with Gasteiger partial charge >= 0.3 is 0 Å². The first kappa shape index (κ1) is 23.3. The standard InChI is InChI=1S/C26H33N5O/c1-7-31-21(6)23(20(5)30-31)14-15-27-26(28-24-13-9-11-18(3)19(24)4)29-25(32)22-12-8-10-17(2)16-22/h8-13,16H,7,14-15H2,1-6H3,(H2,27,28,29,32). The summed E-state index contributed by atoms with van der Waals surface area (Å²) in [6, 6.07) is 13.6. The highest BCUT2D eigenvalue weighted by atomic mass is 16.1. The van der Waals surface area contributed by atoms with Gasteiger partial charge in [0.15, 0.2) is 0 Å². The Balaban J connectivity index is 1.83. The van der Waals surface area contributed by atoms with Crippen molar-refractivity contribution in [2.75, 3.05) is 11.9 Å². The topological polar surface area (TPSA) is 71.3 Å². The molecule has 0 aliphatic rings. The van der Waals surface area contributed by atoms with E-state index in [1.54, 1.807) is 0 Å². The summed E-state index contributed by atoms with van der Waals surface area (Å²) >= 11 is 0. The van der Waals surface area contributed by atoms with Crippen molar-refractivity contribution in [3.63, 3.8) is 0 Å². The number of carbonyl (C=O) groups excluding carboxylic acids is 1. The lowest BCUT2D eigenvalue weighted by Gasteiger charge is -2.15. The first-order valence-corrected chi connectivity index (χ1v) is 11.1. The van der Waals surface area contributed by atoms with Crippen LogP contribution in [0, 0.1) is 34.6 Å². The molecule has 0 aliphatic carbocycles. The Morgan fingerprint density at radius 1 is 1.06 bits per heavy atom. The maximum atomic E-state index is 12.9. The minimum atomic E-state index is -0.184. The van der Waals surface area contributed by atoms with Crippen LogP contribution >= 0.6 is 0 Å². The van der Waals surface area contributed by atoms with Gasteiger partial charge in [-0.05, 0) is 82.9 Å². The molecule has 2 aromatic carbocycles. The highest BCUT2D eigenvalue weighted by Crippen LogP contribution is 2.18. The molecule has 6 nitrogen and oxygen atoms in total. The SMILES string of the molecule is CCn1nc(C)c(CCN=C(NC(=O)c2cccc(C)c2)Nc2cccc(C)c2C)c1C. The highest BCUT2D eigenvalue weighted by Gasteiger charge is 2.13. The maximum absolute atomic E-state index is 12.9. The summed E-state index contributed by atoms with van der Waals surface area (Å²) in [5.41, 5.74) is 8.30. The molecule has 0 aliphatic heterocycles. The van der Waals surface area contributed by atoms with Gasteiger partial charge in [-0.2, -0.15) is 5.10 Å². The van der Waals surface area contributed by atoms with Gasteiger partial charge < -0.3 is 5.32 Å². The number of amides is 1. The Labute approximate surface area is 190 Å². The van der Waals surface area contributed by atoms with Gasteiger partial charge in [-0.1, -0.05) is 29.8 Å². The van der Waals surface area contributed by atoms with Crippen molar-refractivity contribution >= 4 is 17.6 Å². The van der Waals surface area contributed by atoms with Gasteiger partial charge in [-0.15, -0.1) is 0 Å². The number of aliphatic imine (C=N–C) groups is 1. The average Bonchev–Trinajstić information content (AvgIpc) is 3.04. The smallest absolute Gasteiger partial charge is 0.257 e. The van der Waals surface area contributed by atoms with Gasteiger partial charge in [-0.25, -0.2) is 0 Å². The van der Waals surface area contributed by atoms with E-state index in [2.05, 4.69) is 49.5 Å². The first-order valence-electron chi connectivity index (χ1n) is 11.1. The molecule has 1 heterocycles. The van der Waals surface area contributed by atoms with E-state index in [9.17, 15) is 4.79 Å². The van der Waals surface area contributed by atoms with E-state index < -0.39 is 0 Å². The first-order chi connectivity index (χ1) is 15.3. The second-order valence-electron chi connectivity index (χ2n) is 8.14. The Morgan fingerprint density at radius 2 is 1.81 bits per heavy atom. The van der Waals surface area contributed by atoms with Crippen molar-refractivity contribution in [3.8, 4) is 0 Å². The molecule has 32 heavy (non-hydrogen) atoms. The molecule has 1 aromatic heterocycles. The number of aromatic nitrogens is 2. The van der Waals surface area contributed by atoms with Crippen molar-refractivity contribution in [2.45, 2.75) is 54.5 Å². The summed E-state index contributed by atoms with van der Waals surface area (Å²) < 4.78 is 2.02. The van der Waals surface area contributed by atoms with E-state index in [4.69, 9.17) is 4.99 Å². The van der Waals surface area contributed by atoms with Gasteiger partial charge in [0, 0.05) is 30.0 Å². The number of guanidine groups is 1. The van der Waals surface area contributed by atoms with Gasteiger partial charge in [0.25, 0.3) is 5.91 Å². The van der Waals surface area contributed by atoms with Gasteiger partial charge in [0.2, 0.25) is 5.96 Å². The summed E-state index contributed by atoms with van der Waals surface area (Å²) in [6.07, 6.45) is 0.760. The molecule has 0 radical (unpaired) electrons. The van der Waals surface area contributed by atoms with Gasteiger partial charge in [-0.3, -0.25) is 19.8 Å². The third-order valence-electron chi connectivity index (χ3n) is 5.83. The molecule has 0 bridgehead atoms. The van der Waals surface area contributed by atoms with Crippen LogP contribution in [0.15, 0.2) is 47.5 Å². The number of anilines is 1. The summed E-state index contributed by atoms with van der Waals surface area (Å²) in [7, 11) is 0. The number of hydrogen-bond donors (Lipinski definition) is 2. The second-order valence-corrected chi connectivity index (χ2v) is 8.14. The fourth-order valence-corrected chi connectivity index (χ4v) is 3.77. The minimum Gasteiger partial charge on any atom is -0.326 e. The highest BCUT2D eigenvalue weighted by molar-refractivity contribution is 6.10. The molecule has 0 saturated carbocycles. The monoisotopic (exact) mass is 431 g/mol. The van der Waals surface area contributed by atoms with Crippen LogP contribution < -0.4 is 10.6 Å². The summed E-state index contributed by atoms with van der Waals surface area (Å²) in [6.45, 7) is 13.7. The second kappa shape index (κ2) is 10.3. The minimum absolute atomic E-state index is 0.184. The molecule has 0 unspecified atom stereocenters. The molecule has 2 N–H and O–H groups in total. The normalized spacial score (nSPS) is 11.5. The third kappa shape index (κ3) is 5.44. The van der Waals surface area contributed by atoms with Crippen molar-refractivity contribution in [3.05, 3.63) is 81.7 Å². The van der Waals surface area contributed by atoms with Gasteiger partial charge in [0.1, 0.15) is 0 Å². The van der Waals surface area contributed by atoms with Crippen LogP contribution in [0.2, 0.25) is 0 Å². The summed E-state index contributed by atoms with van der Waals surface area (Å²) in [5, 5.41) is 10.9. The number of rotatable bonds is 6. The zero-order chi connectivity index (χ0) is 23.3. The lowest BCUT2D eigenvalue weighted by atomic mass is 10.1. The van der Waals surface area contributed by atoms with Crippen LogP contribution in [0.4, 0.5) is 5.69 Å². The molecule has 6 heteroatoms. The zero-order valence-corrected chi connectivity index (χ0v) is 19.9. The number of nitrogens with zero attached hydrogens (tertiary/aromatic N) is 3. The molecule has 3 rings (SSSR count). The molecular formula is C26H33N5O. The number of aryl methyl sites for hydroxylation is 4. The lowest BCUT2D eigenvalue weighted by Crippen LogP contribution is -2.36. The van der Waals surface area contributed by atoms with Gasteiger partial charge in [0.05, 0.1) is 5.69 Å². The van der Waals surface area contributed by atoms with Crippen molar-refractivity contribution in [1.82, 2.24) is 15.1 Å². The van der Waals surface area contributed by atoms with Crippen LogP contribution in [-0.2, 0) is 13.0 Å². The molecule has 1 amide bonds. The van der Waals surface area contributed by atoms with E-state index in [0.717, 1.165) is 35.5 Å². The lowest BCUT2D eigenvalue weighted by molar-refractivity contribution is 0.0977. The van der Waals surface area contributed by atoms with E-state index in [1.807, 2.05) is 54.9 Å². The predicted molar refractivity (Wildman–Crippen MR) is 132 cm³/mol. The summed E-state index contributed by atoms with van der Waals surface area (Å²) in [4.78, 5) is 17.6. The number of nitrogens with one attached hydrogen (secondary N) is 2. The average molecular weight is 432 g/mol. The molecule has 0 saturated heterocycles.